The van der Waals surface area contributed by atoms with E-state index in [0.29, 0.717) is 0 Å². The maximum absolute atomic E-state index is 11.2. The number of ether oxygens (including phenoxy) is 2. The van der Waals surface area contributed by atoms with E-state index in [-0.39, 0.29) is 23.7 Å². The molecule has 9 nitrogen and oxygen atoms in total. The quantitative estimate of drug-likeness (QED) is 0.523. The Morgan fingerprint density at radius 1 is 0.882 bits per heavy atom. The summed E-state index contributed by atoms with van der Waals surface area (Å²) in [5.41, 5.74) is 9.35. The third-order valence-electron chi connectivity index (χ3n) is 1.33. The molecule has 11 heteroatoms. The van der Waals surface area contributed by atoms with E-state index in [1.807, 2.05) is 0 Å². The Balaban J connectivity index is 3.62. The SMILES string of the molecule is NC(=O)OC[CH2][Ge](=[O])[O][Ge](=[O])[CH2]COC(N)=O. The molecule has 0 saturated heterocycles. The number of hydrogen-bond donors (Lipinski definition) is 2. The summed E-state index contributed by atoms with van der Waals surface area (Å²) in [6, 6.07) is 0. The third kappa shape index (κ3) is 11.3. The molecule has 0 aliphatic carbocycles. The second-order valence-electron chi connectivity index (χ2n) is 2.68. The summed E-state index contributed by atoms with van der Waals surface area (Å²) in [6.07, 6.45) is -1.94. The number of amides is 2. The molecule has 0 aromatic rings. The van der Waals surface area contributed by atoms with Crippen molar-refractivity contribution in [2.75, 3.05) is 13.2 Å². The summed E-state index contributed by atoms with van der Waals surface area (Å²) >= 11 is -6.29. The van der Waals surface area contributed by atoms with Crippen molar-refractivity contribution in [1.29, 1.82) is 0 Å². The Morgan fingerprint density at radius 3 is 1.53 bits per heavy atom. The van der Waals surface area contributed by atoms with Crippen LogP contribution in [-0.4, -0.2) is 54.6 Å². The van der Waals surface area contributed by atoms with Crippen molar-refractivity contribution in [3.05, 3.63) is 0 Å². The fourth-order valence-electron chi connectivity index (χ4n) is 0.699. The molecule has 0 heterocycles. The van der Waals surface area contributed by atoms with Crippen molar-refractivity contribution in [2.45, 2.75) is 10.5 Å². The van der Waals surface area contributed by atoms with Gasteiger partial charge < -0.3 is 0 Å². The summed E-state index contributed by atoms with van der Waals surface area (Å²) in [4.78, 5) is 20.3. The standard InChI is InChI=1S/C6H12Ge2N2O7/c9-5(11)15-3-1-7(13)17-8(14)2-4-16-6(10)12/h1-4H2,(H2,9,11)(H2,10,12). The topological polar surface area (TPSA) is 148 Å². The molecule has 0 rings (SSSR count). The van der Waals surface area contributed by atoms with Crippen LogP contribution in [0.25, 0.3) is 0 Å². The summed E-state index contributed by atoms with van der Waals surface area (Å²) in [5.74, 6) is 0. The van der Waals surface area contributed by atoms with Gasteiger partial charge in [0, 0.05) is 0 Å². The molecule has 0 aliphatic heterocycles. The second-order valence-corrected chi connectivity index (χ2v) is 10.6. The van der Waals surface area contributed by atoms with Crippen LogP contribution in [-0.2, 0) is 19.8 Å². The van der Waals surface area contributed by atoms with Crippen LogP contribution in [0.5, 0.6) is 0 Å². The molecule has 17 heavy (non-hydrogen) atoms. The summed E-state index contributed by atoms with van der Waals surface area (Å²) in [7, 11) is 0. The van der Waals surface area contributed by atoms with Gasteiger partial charge in [-0.05, 0) is 0 Å². The molecule has 0 unspecified atom stereocenters. The molecular formula is C6H12Ge2N2O7. The molecule has 2 amide bonds. The fraction of sp³-hybridized carbons (Fsp3) is 0.667. The average molecular weight is 369 g/mol. The molecule has 0 aromatic carbocycles. The van der Waals surface area contributed by atoms with Gasteiger partial charge in [0.05, 0.1) is 0 Å². The van der Waals surface area contributed by atoms with Gasteiger partial charge in [0.2, 0.25) is 0 Å². The van der Waals surface area contributed by atoms with Crippen LogP contribution >= 0.6 is 0 Å². The molecule has 0 aliphatic rings. The van der Waals surface area contributed by atoms with Crippen molar-refractivity contribution in [3.8, 4) is 0 Å². The molecule has 0 aromatic heterocycles. The first-order chi connectivity index (χ1) is 7.91. The van der Waals surface area contributed by atoms with E-state index in [1.54, 1.807) is 0 Å². The molecule has 0 atom stereocenters. The molecule has 0 bridgehead atoms. The maximum atomic E-state index is 11.2. The Bertz CT molecular complexity index is 291. The van der Waals surface area contributed by atoms with Gasteiger partial charge >= 0.3 is 106 Å². The van der Waals surface area contributed by atoms with Crippen LogP contribution in [0.4, 0.5) is 9.59 Å². The van der Waals surface area contributed by atoms with E-state index in [0.717, 1.165) is 0 Å². The van der Waals surface area contributed by atoms with Gasteiger partial charge in [-0.25, -0.2) is 0 Å². The minimum absolute atomic E-state index is 0.0123. The molecule has 0 radical (unpaired) electrons. The normalized spacial score (nSPS) is 9.18. The average Bonchev–Trinajstić information content (AvgIpc) is 2.15. The van der Waals surface area contributed by atoms with Gasteiger partial charge in [0.1, 0.15) is 0 Å². The van der Waals surface area contributed by atoms with Gasteiger partial charge in [0.25, 0.3) is 0 Å². The summed E-state index contributed by atoms with van der Waals surface area (Å²) < 4.78 is 35.9. The molecule has 0 fully saturated rings. The predicted octanol–water partition coefficient (Wildman–Crippen LogP) is -0.969. The number of primary amides is 2. The zero-order valence-corrected chi connectivity index (χ0v) is 13.0. The van der Waals surface area contributed by atoms with Crippen LogP contribution in [0.2, 0.25) is 10.5 Å². The summed E-state index contributed by atoms with van der Waals surface area (Å²) in [6.45, 7) is -0.255. The number of carbonyl (C=O) groups excluding carboxylic acids is 2. The molecule has 0 saturated carbocycles. The Morgan fingerprint density at radius 2 is 1.24 bits per heavy atom. The van der Waals surface area contributed by atoms with Crippen LogP contribution < -0.4 is 11.5 Å². The summed E-state index contributed by atoms with van der Waals surface area (Å²) in [5, 5.41) is 0.0245. The van der Waals surface area contributed by atoms with Crippen molar-refractivity contribution in [2.24, 2.45) is 11.5 Å². The van der Waals surface area contributed by atoms with Crippen LogP contribution in [0.3, 0.4) is 0 Å². The monoisotopic (exact) mass is 372 g/mol. The van der Waals surface area contributed by atoms with E-state index in [2.05, 4.69) is 20.9 Å². The van der Waals surface area contributed by atoms with Gasteiger partial charge in [-0.1, -0.05) is 0 Å². The second kappa shape index (κ2) is 9.10. The first kappa shape index (κ1) is 16.0. The zero-order valence-electron chi connectivity index (χ0n) is 8.84. The van der Waals surface area contributed by atoms with E-state index in [1.165, 1.54) is 0 Å². The molecular weight excluding hydrogens is 357 g/mol. The van der Waals surface area contributed by atoms with Crippen molar-refractivity contribution in [1.82, 2.24) is 0 Å². The van der Waals surface area contributed by atoms with Crippen LogP contribution in [0.1, 0.15) is 0 Å². The molecule has 96 valence electrons. The Labute approximate surface area is 106 Å². The van der Waals surface area contributed by atoms with E-state index < -0.39 is 41.4 Å². The first-order valence-electron chi connectivity index (χ1n) is 4.49. The van der Waals surface area contributed by atoms with Gasteiger partial charge in [-0.2, -0.15) is 0 Å². The Kier molecular flexibility index (Phi) is 8.58. The first-order valence-corrected chi connectivity index (χ1v) is 10.9. The van der Waals surface area contributed by atoms with Crippen LogP contribution in [0, 0.1) is 0 Å². The number of carbonyl (C=O) groups is 2. The van der Waals surface area contributed by atoms with Gasteiger partial charge in [-0.3, -0.25) is 0 Å². The van der Waals surface area contributed by atoms with Gasteiger partial charge in [-0.15, -0.1) is 0 Å². The van der Waals surface area contributed by atoms with E-state index in [9.17, 15) is 17.1 Å². The van der Waals surface area contributed by atoms with E-state index >= 15 is 0 Å². The molecule has 0 spiro atoms. The van der Waals surface area contributed by atoms with Gasteiger partial charge in [0.15, 0.2) is 0 Å². The number of rotatable bonds is 8. The number of nitrogens with two attached hydrogens (primary N) is 2. The Hall–Kier alpha value is -0.974. The predicted molar refractivity (Wildman–Crippen MR) is 54.7 cm³/mol. The van der Waals surface area contributed by atoms with E-state index in [4.69, 9.17) is 2.79 Å². The third-order valence-corrected chi connectivity index (χ3v) is 9.82. The van der Waals surface area contributed by atoms with Crippen molar-refractivity contribution >= 4 is 41.4 Å². The minimum atomic E-state index is -3.14. The van der Waals surface area contributed by atoms with Crippen LogP contribution in [0.15, 0.2) is 0 Å². The van der Waals surface area contributed by atoms with Crippen molar-refractivity contribution in [3.63, 3.8) is 0 Å². The zero-order chi connectivity index (χ0) is 13.3. The number of hydrogen-bond acceptors (Lipinski definition) is 7. The fourth-order valence-corrected chi connectivity index (χ4v) is 7.78. The molecule has 4 N–H and O–H groups in total. The van der Waals surface area contributed by atoms with Crippen molar-refractivity contribution < 1.29 is 29.4 Å².